The van der Waals surface area contributed by atoms with Crippen molar-refractivity contribution in [3.05, 3.63) is 52.8 Å². The average molecular weight is 248 g/mol. The molecule has 0 spiro atoms. The van der Waals surface area contributed by atoms with Crippen molar-refractivity contribution < 1.29 is 9.53 Å². The van der Waals surface area contributed by atoms with Gasteiger partial charge in [0.1, 0.15) is 17.8 Å². The fraction of sp³-hybridized carbons (Fsp3) is 0.0769. The summed E-state index contributed by atoms with van der Waals surface area (Å²) in [6, 6.07) is 6.90. The van der Waals surface area contributed by atoms with E-state index in [1.54, 1.807) is 30.5 Å². The number of hydrogen-bond acceptors (Lipinski definition) is 3. The predicted octanol–water partition coefficient (Wildman–Crippen LogP) is 3.65. The molecule has 0 atom stereocenters. The van der Waals surface area contributed by atoms with Gasteiger partial charge in [0.15, 0.2) is 0 Å². The highest BCUT2D eigenvalue weighted by molar-refractivity contribution is 6.30. The topological polar surface area (TPSA) is 39.2 Å². The molecular weight excluding hydrogens is 238 g/mol. The highest BCUT2D eigenvalue weighted by Crippen LogP contribution is 2.26. The van der Waals surface area contributed by atoms with Gasteiger partial charge in [-0.15, -0.1) is 0 Å². The second-order valence-electron chi connectivity index (χ2n) is 3.58. The van der Waals surface area contributed by atoms with Crippen LogP contribution in [0.1, 0.15) is 15.9 Å². The lowest BCUT2D eigenvalue weighted by Crippen LogP contribution is -1.90. The zero-order chi connectivity index (χ0) is 12.3. The van der Waals surface area contributed by atoms with Crippen molar-refractivity contribution in [1.29, 1.82) is 0 Å². The Hall–Kier alpha value is -1.87. The van der Waals surface area contributed by atoms with Crippen molar-refractivity contribution in [2.75, 3.05) is 0 Å². The van der Waals surface area contributed by atoms with Gasteiger partial charge in [0, 0.05) is 17.8 Å². The number of nitrogens with zero attached hydrogens (tertiary/aromatic N) is 1. The summed E-state index contributed by atoms with van der Waals surface area (Å²) >= 11 is 5.81. The van der Waals surface area contributed by atoms with Crippen LogP contribution in [0.15, 0.2) is 36.7 Å². The SMILES string of the molecule is Cc1cc(C=O)ccc1Oc1cncc(Cl)c1. The summed E-state index contributed by atoms with van der Waals surface area (Å²) in [6.45, 7) is 1.88. The summed E-state index contributed by atoms with van der Waals surface area (Å²) in [6.07, 6.45) is 3.92. The van der Waals surface area contributed by atoms with Crippen LogP contribution in [-0.4, -0.2) is 11.3 Å². The molecule has 1 aromatic carbocycles. The van der Waals surface area contributed by atoms with E-state index in [1.807, 2.05) is 6.92 Å². The van der Waals surface area contributed by atoms with Crippen LogP contribution in [-0.2, 0) is 0 Å². The first-order valence-corrected chi connectivity index (χ1v) is 5.41. The smallest absolute Gasteiger partial charge is 0.150 e. The van der Waals surface area contributed by atoms with E-state index < -0.39 is 0 Å². The van der Waals surface area contributed by atoms with E-state index in [-0.39, 0.29) is 0 Å². The molecule has 0 aliphatic rings. The average Bonchev–Trinajstić information content (AvgIpc) is 2.32. The summed E-state index contributed by atoms with van der Waals surface area (Å²) in [5, 5.41) is 0.518. The zero-order valence-electron chi connectivity index (χ0n) is 9.18. The Labute approximate surface area is 104 Å². The van der Waals surface area contributed by atoms with Crippen molar-refractivity contribution in [1.82, 2.24) is 4.98 Å². The molecule has 0 N–H and O–H groups in total. The normalized spacial score (nSPS) is 10.0. The molecule has 0 bridgehead atoms. The van der Waals surface area contributed by atoms with Gasteiger partial charge in [-0.1, -0.05) is 11.6 Å². The lowest BCUT2D eigenvalue weighted by molar-refractivity contribution is 0.112. The third kappa shape index (κ3) is 2.82. The van der Waals surface area contributed by atoms with E-state index in [9.17, 15) is 4.79 Å². The highest BCUT2D eigenvalue weighted by atomic mass is 35.5. The van der Waals surface area contributed by atoms with Gasteiger partial charge in [0.2, 0.25) is 0 Å². The van der Waals surface area contributed by atoms with Crippen molar-refractivity contribution in [3.63, 3.8) is 0 Å². The molecule has 17 heavy (non-hydrogen) atoms. The first kappa shape index (κ1) is 11.6. The zero-order valence-corrected chi connectivity index (χ0v) is 9.94. The maximum absolute atomic E-state index is 10.6. The third-order valence-corrected chi connectivity index (χ3v) is 2.45. The third-order valence-electron chi connectivity index (χ3n) is 2.24. The molecule has 4 heteroatoms. The van der Waals surface area contributed by atoms with Crippen LogP contribution in [0.2, 0.25) is 5.02 Å². The minimum atomic E-state index is 0.518. The van der Waals surface area contributed by atoms with Gasteiger partial charge >= 0.3 is 0 Å². The van der Waals surface area contributed by atoms with Gasteiger partial charge in [-0.2, -0.15) is 0 Å². The molecule has 0 aliphatic heterocycles. The summed E-state index contributed by atoms with van der Waals surface area (Å²) < 4.78 is 5.63. The Balaban J connectivity index is 2.27. The van der Waals surface area contributed by atoms with E-state index in [4.69, 9.17) is 16.3 Å². The van der Waals surface area contributed by atoms with Crippen LogP contribution in [0, 0.1) is 6.92 Å². The maximum Gasteiger partial charge on any atom is 0.150 e. The molecule has 0 aliphatic carbocycles. The predicted molar refractivity (Wildman–Crippen MR) is 65.9 cm³/mol. The van der Waals surface area contributed by atoms with Gasteiger partial charge in [0.25, 0.3) is 0 Å². The number of aldehydes is 1. The van der Waals surface area contributed by atoms with E-state index in [0.29, 0.717) is 22.1 Å². The summed E-state index contributed by atoms with van der Waals surface area (Å²) in [4.78, 5) is 14.5. The fourth-order valence-corrected chi connectivity index (χ4v) is 1.60. The van der Waals surface area contributed by atoms with Crippen molar-refractivity contribution in [2.45, 2.75) is 6.92 Å². The number of aryl methyl sites for hydroxylation is 1. The second-order valence-corrected chi connectivity index (χ2v) is 4.02. The number of benzene rings is 1. The molecule has 3 nitrogen and oxygen atoms in total. The van der Waals surface area contributed by atoms with Gasteiger partial charge in [0.05, 0.1) is 11.2 Å². The molecule has 0 radical (unpaired) electrons. The number of carbonyl (C=O) groups excluding carboxylic acids is 1. The maximum atomic E-state index is 10.6. The summed E-state index contributed by atoms with van der Waals surface area (Å²) in [7, 11) is 0. The van der Waals surface area contributed by atoms with Crippen LogP contribution in [0.4, 0.5) is 0 Å². The quantitative estimate of drug-likeness (QED) is 0.777. The van der Waals surface area contributed by atoms with Crippen LogP contribution < -0.4 is 4.74 Å². The minimum Gasteiger partial charge on any atom is -0.455 e. The number of aromatic nitrogens is 1. The molecule has 0 unspecified atom stereocenters. The van der Waals surface area contributed by atoms with Gasteiger partial charge in [-0.05, 0) is 30.7 Å². The van der Waals surface area contributed by atoms with Crippen LogP contribution in [0.25, 0.3) is 0 Å². The van der Waals surface area contributed by atoms with Gasteiger partial charge < -0.3 is 4.74 Å². The van der Waals surface area contributed by atoms with E-state index in [1.165, 1.54) is 6.20 Å². The minimum absolute atomic E-state index is 0.518. The molecular formula is C13H10ClNO2. The van der Waals surface area contributed by atoms with Crippen molar-refractivity contribution >= 4 is 17.9 Å². The number of pyridine rings is 1. The molecule has 2 rings (SSSR count). The van der Waals surface area contributed by atoms with Gasteiger partial charge in [-0.3, -0.25) is 9.78 Å². The standard InChI is InChI=1S/C13H10ClNO2/c1-9-4-10(8-16)2-3-13(9)17-12-5-11(14)6-15-7-12/h2-8H,1H3. The Morgan fingerprint density at radius 1 is 1.29 bits per heavy atom. The molecule has 0 saturated heterocycles. The lowest BCUT2D eigenvalue weighted by Gasteiger charge is -2.08. The molecule has 0 fully saturated rings. The van der Waals surface area contributed by atoms with E-state index in [0.717, 1.165) is 11.8 Å². The molecule has 0 saturated carbocycles. The van der Waals surface area contributed by atoms with E-state index >= 15 is 0 Å². The molecule has 1 heterocycles. The Kier molecular flexibility index (Phi) is 3.40. The van der Waals surface area contributed by atoms with Gasteiger partial charge in [-0.25, -0.2) is 0 Å². The lowest BCUT2D eigenvalue weighted by atomic mass is 10.1. The monoisotopic (exact) mass is 247 g/mol. The van der Waals surface area contributed by atoms with Crippen LogP contribution in [0.5, 0.6) is 11.5 Å². The van der Waals surface area contributed by atoms with Crippen molar-refractivity contribution in [3.8, 4) is 11.5 Å². The van der Waals surface area contributed by atoms with Crippen LogP contribution in [0.3, 0.4) is 0 Å². The number of halogens is 1. The number of carbonyl (C=O) groups is 1. The summed E-state index contributed by atoms with van der Waals surface area (Å²) in [5.74, 6) is 1.25. The first-order valence-electron chi connectivity index (χ1n) is 5.03. The van der Waals surface area contributed by atoms with Crippen molar-refractivity contribution in [2.24, 2.45) is 0 Å². The Morgan fingerprint density at radius 2 is 2.12 bits per heavy atom. The second kappa shape index (κ2) is 4.97. The number of ether oxygens (including phenoxy) is 1. The first-order chi connectivity index (χ1) is 8.19. The molecule has 86 valence electrons. The number of rotatable bonds is 3. The molecule has 1 aromatic heterocycles. The Morgan fingerprint density at radius 3 is 2.76 bits per heavy atom. The number of hydrogen-bond donors (Lipinski definition) is 0. The summed E-state index contributed by atoms with van der Waals surface area (Å²) in [5.41, 5.74) is 1.51. The fourth-order valence-electron chi connectivity index (χ4n) is 1.44. The highest BCUT2D eigenvalue weighted by Gasteiger charge is 2.03. The Bertz CT molecular complexity index is 555. The molecule has 2 aromatic rings. The molecule has 0 amide bonds. The van der Waals surface area contributed by atoms with Crippen LogP contribution >= 0.6 is 11.6 Å². The largest absolute Gasteiger partial charge is 0.455 e. The van der Waals surface area contributed by atoms with E-state index in [2.05, 4.69) is 4.98 Å².